The summed E-state index contributed by atoms with van der Waals surface area (Å²) in [5.41, 5.74) is 2.58. The number of likely N-dealkylation sites (tertiary alicyclic amines) is 1. The van der Waals surface area contributed by atoms with Crippen molar-refractivity contribution in [1.82, 2.24) is 14.8 Å². The second-order valence-electron chi connectivity index (χ2n) is 10.6. The summed E-state index contributed by atoms with van der Waals surface area (Å²) < 4.78 is 32.5. The van der Waals surface area contributed by atoms with Gasteiger partial charge in [0.2, 0.25) is 5.91 Å². The second kappa shape index (κ2) is 13.2. The van der Waals surface area contributed by atoms with E-state index in [4.69, 9.17) is 4.74 Å². The summed E-state index contributed by atoms with van der Waals surface area (Å²) in [6.07, 6.45) is 5.77. The number of benzene rings is 2. The first-order chi connectivity index (χ1) is 19.5. The zero-order valence-electron chi connectivity index (χ0n) is 22.9. The Kier molecular flexibility index (Phi) is 9.23. The number of carbonyl (C=O) groups is 1. The highest BCUT2D eigenvalue weighted by Gasteiger charge is 2.35. The highest BCUT2D eigenvalue weighted by Crippen LogP contribution is 2.32. The van der Waals surface area contributed by atoms with Gasteiger partial charge in [-0.25, -0.2) is 8.78 Å². The summed E-state index contributed by atoms with van der Waals surface area (Å²) in [5, 5.41) is 2.73. The SMILES string of the molecule is COc1ccccc1N1CCN([C@@H]2CCN(Cc3cccnc3)C[C@@H]2CCC(=O)Nc2ccc(F)c(F)c2)CC1. The van der Waals surface area contributed by atoms with E-state index >= 15 is 0 Å². The number of para-hydroxylation sites is 2. The fourth-order valence-corrected chi connectivity index (χ4v) is 6.05. The molecule has 1 N–H and O–H groups in total. The van der Waals surface area contributed by atoms with E-state index in [0.717, 1.165) is 82.2 Å². The van der Waals surface area contributed by atoms with E-state index in [9.17, 15) is 13.6 Å². The van der Waals surface area contributed by atoms with Crippen LogP contribution < -0.4 is 15.0 Å². The molecular formula is C31H37F2N5O2. The Morgan fingerprint density at radius 3 is 2.60 bits per heavy atom. The second-order valence-corrected chi connectivity index (χ2v) is 10.6. The normalized spacial score (nSPS) is 20.3. The molecule has 7 nitrogen and oxygen atoms in total. The van der Waals surface area contributed by atoms with Gasteiger partial charge in [0.15, 0.2) is 11.6 Å². The maximum Gasteiger partial charge on any atom is 0.224 e. The molecule has 3 heterocycles. The van der Waals surface area contributed by atoms with Gasteiger partial charge in [0.25, 0.3) is 0 Å². The third-order valence-electron chi connectivity index (χ3n) is 8.06. The van der Waals surface area contributed by atoms with Gasteiger partial charge in [-0.15, -0.1) is 0 Å². The van der Waals surface area contributed by atoms with Crippen LogP contribution in [0, 0.1) is 17.6 Å². The topological polar surface area (TPSA) is 60.9 Å². The van der Waals surface area contributed by atoms with E-state index in [2.05, 4.69) is 37.1 Å². The number of anilines is 2. The van der Waals surface area contributed by atoms with Crippen LogP contribution in [-0.2, 0) is 11.3 Å². The Labute approximate surface area is 234 Å². The number of amides is 1. The molecule has 2 atom stereocenters. The molecule has 3 aromatic rings. The maximum atomic E-state index is 13.6. The molecule has 0 unspecified atom stereocenters. The van der Waals surface area contributed by atoms with E-state index in [0.29, 0.717) is 18.4 Å². The summed E-state index contributed by atoms with van der Waals surface area (Å²) in [7, 11) is 1.71. The minimum atomic E-state index is -0.969. The van der Waals surface area contributed by atoms with Crippen LogP contribution in [0.25, 0.3) is 0 Å². The lowest BCUT2D eigenvalue weighted by atomic mass is 9.86. The van der Waals surface area contributed by atoms with Crippen molar-refractivity contribution < 1.29 is 18.3 Å². The Morgan fingerprint density at radius 2 is 1.85 bits per heavy atom. The third-order valence-corrected chi connectivity index (χ3v) is 8.06. The first-order valence-electron chi connectivity index (χ1n) is 14.0. The number of ether oxygens (including phenoxy) is 1. The molecule has 40 heavy (non-hydrogen) atoms. The van der Waals surface area contributed by atoms with Gasteiger partial charge < -0.3 is 15.0 Å². The van der Waals surface area contributed by atoms with Gasteiger partial charge in [0.1, 0.15) is 5.75 Å². The zero-order valence-corrected chi connectivity index (χ0v) is 22.9. The lowest BCUT2D eigenvalue weighted by Gasteiger charge is -2.47. The lowest BCUT2D eigenvalue weighted by Crippen LogP contribution is -2.56. The molecule has 5 rings (SSSR count). The number of halogens is 2. The molecule has 2 aliphatic heterocycles. The van der Waals surface area contributed by atoms with Crippen molar-refractivity contribution in [3.8, 4) is 5.75 Å². The van der Waals surface area contributed by atoms with Crippen molar-refractivity contribution >= 4 is 17.3 Å². The number of pyridine rings is 1. The quantitative estimate of drug-likeness (QED) is 0.414. The average Bonchev–Trinajstić information content (AvgIpc) is 2.99. The monoisotopic (exact) mass is 549 g/mol. The van der Waals surface area contributed by atoms with Gasteiger partial charge in [-0.3, -0.25) is 19.6 Å². The molecule has 212 valence electrons. The number of rotatable bonds is 9. The summed E-state index contributed by atoms with van der Waals surface area (Å²) in [4.78, 5) is 24.5. The van der Waals surface area contributed by atoms with Crippen LogP contribution in [0.2, 0.25) is 0 Å². The molecule has 2 aliphatic rings. The molecule has 2 saturated heterocycles. The summed E-state index contributed by atoms with van der Waals surface area (Å²) in [5.74, 6) is -0.885. The van der Waals surface area contributed by atoms with Gasteiger partial charge >= 0.3 is 0 Å². The predicted octanol–water partition coefficient (Wildman–Crippen LogP) is 4.80. The maximum absolute atomic E-state index is 13.6. The Balaban J connectivity index is 1.23. The summed E-state index contributed by atoms with van der Waals surface area (Å²) in [6.45, 7) is 6.44. The van der Waals surface area contributed by atoms with E-state index in [-0.39, 0.29) is 11.6 Å². The number of aromatic nitrogens is 1. The molecule has 0 aliphatic carbocycles. The Morgan fingerprint density at radius 1 is 1.02 bits per heavy atom. The van der Waals surface area contributed by atoms with Crippen LogP contribution >= 0.6 is 0 Å². The Hall–Kier alpha value is -3.56. The number of carbonyl (C=O) groups excluding carboxylic acids is 1. The minimum absolute atomic E-state index is 0.185. The van der Waals surface area contributed by atoms with E-state index in [1.54, 1.807) is 13.3 Å². The van der Waals surface area contributed by atoms with Crippen LogP contribution in [-0.4, -0.2) is 73.1 Å². The standard InChI is InChI=1S/C31H37F2N5O2/c1-40-30-7-3-2-6-29(30)38-17-15-37(16-18-38)28-12-14-36(21-23-5-4-13-34-20-23)22-24(28)8-11-31(39)35-25-9-10-26(32)27(33)19-25/h2-7,9-10,13,19-20,24,28H,8,11-12,14-18,21-22H2,1H3,(H,35,39)/t24-,28+/m0/s1. The van der Waals surface area contributed by atoms with E-state index < -0.39 is 11.6 Å². The molecule has 9 heteroatoms. The summed E-state index contributed by atoms with van der Waals surface area (Å²) in [6, 6.07) is 16.0. The van der Waals surface area contributed by atoms with Crippen LogP contribution in [0.3, 0.4) is 0 Å². The van der Waals surface area contributed by atoms with Gasteiger partial charge in [0, 0.05) is 75.9 Å². The first kappa shape index (κ1) is 28.0. The molecule has 0 saturated carbocycles. The third kappa shape index (κ3) is 6.95. The van der Waals surface area contributed by atoms with Crippen LogP contribution in [0.5, 0.6) is 5.75 Å². The zero-order chi connectivity index (χ0) is 27.9. The van der Waals surface area contributed by atoms with Crippen molar-refractivity contribution in [2.75, 3.05) is 56.6 Å². The highest BCUT2D eigenvalue weighted by molar-refractivity contribution is 5.90. The number of piperazine rings is 1. The number of hydrogen-bond acceptors (Lipinski definition) is 6. The number of nitrogens with one attached hydrogen (secondary N) is 1. The molecule has 0 radical (unpaired) electrons. The van der Waals surface area contributed by atoms with Crippen molar-refractivity contribution in [3.63, 3.8) is 0 Å². The molecule has 0 spiro atoms. The van der Waals surface area contributed by atoms with Gasteiger partial charge in [-0.2, -0.15) is 0 Å². The molecule has 2 aromatic carbocycles. The predicted molar refractivity (Wildman–Crippen MR) is 152 cm³/mol. The average molecular weight is 550 g/mol. The fraction of sp³-hybridized carbons (Fsp3) is 0.419. The molecule has 1 amide bonds. The van der Waals surface area contributed by atoms with E-state index in [1.165, 1.54) is 11.6 Å². The number of piperidine rings is 1. The van der Waals surface area contributed by atoms with E-state index in [1.807, 2.05) is 30.5 Å². The van der Waals surface area contributed by atoms with Gasteiger partial charge in [-0.05, 0) is 61.2 Å². The number of hydrogen-bond donors (Lipinski definition) is 1. The van der Waals surface area contributed by atoms with Gasteiger partial charge in [0.05, 0.1) is 12.8 Å². The highest BCUT2D eigenvalue weighted by atomic mass is 19.2. The summed E-state index contributed by atoms with van der Waals surface area (Å²) >= 11 is 0. The van der Waals surface area contributed by atoms with Crippen molar-refractivity contribution in [2.24, 2.45) is 5.92 Å². The molecule has 1 aromatic heterocycles. The largest absolute Gasteiger partial charge is 0.495 e. The molecule has 0 bridgehead atoms. The lowest BCUT2D eigenvalue weighted by molar-refractivity contribution is -0.116. The van der Waals surface area contributed by atoms with Gasteiger partial charge in [-0.1, -0.05) is 18.2 Å². The number of nitrogens with zero attached hydrogens (tertiary/aromatic N) is 4. The van der Waals surface area contributed by atoms with Crippen molar-refractivity contribution in [2.45, 2.75) is 31.8 Å². The van der Waals surface area contributed by atoms with Crippen molar-refractivity contribution in [1.29, 1.82) is 0 Å². The van der Waals surface area contributed by atoms with Crippen molar-refractivity contribution in [3.05, 3.63) is 84.2 Å². The van der Waals surface area contributed by atoms with Crippen LogP contribution in [0.15, 0.2) is 67.0 Å². The number of methoxy groups -OCH3 is 1. The smallest absolute Gasteiger partial charge is 0.224 e. The molecular weight excluding hydrogens is 512 g/mol. The van der Waals surface area contributed by atoms with Crippen LogP contribution in [0.4, 0.5) is 20.2 Å². The first-order valence-corrected chi connectivity index (χ1v) is 14.0. The van der Waals surface area contributed by atoms with Crippen LogP contribution in [0.1, 0.15) is 24.8 Å². The molecule has 2 fully saturated rings. The Bertz CT molecular complexity index is 1270. The minimum Gasteiger partial charge on any atom is -0.495 e. The fourth-order valence-electron chi connectivity index (χ4n) is 6.05.